The fraction of sp³-hybridized carbons (Fsp3) is 1.00. The smallest absolute Gasteiger partial charge is 0.0443 e. The van der Waals surface area contributed by atoms with Gasteiger partial charge in [-0.25, -0.2) is 0 Å². The summed E-state index contributed by atoms with van der Waals surface area (Å²) in [5, 5.41) is 8.57. The molecule has 0 unspecified atom stereocenters. The SMILES string of the molecule is C.OCCCN1CCCCC1. The highest BCUT2D eigenvalue weighted by Gasteiger charge is 2.07. The molecule has 1 saturated heterocycles. The van der Waals surface area contributed by atoms with Crippen molar-refractivity contribution in [3.63, 3.8) is 0 Å². The summed E-state index contributed by atoms with van der Waals surface area (Å²) in [5.41, 5.74) is 0. The Kier molecular flexibility index (Phi) is 6.57. The molecule has 68 valence electrons. The van der Waals surface area contributed by atoms with Crippen LogP contribution in [0.25, 0.3) is 0 Å². The van der Waals surface area contributed by atoms with Gasteiger partial charge in [-0.15, -0.1) is 0 Å². The number of nitrogens with zero attached hydrogens (tertiary/aromatic N) is 1. The zero-order chi connectivity index (χ0) is 7.23. The van der Waals surface area contributed by atoms with Crippen LogP contribution in [-0.2, 0) is 0 Å². The molecule has 2 heteroatoms. The van der Waals surface area contributed by atoms with Gasteiger partial charge in [0.25, 0.3) is 0 Å². The number of hydrogen-bond acceptors (Lipinski definition) is 2. The lowest BCUT2D eigenvalue weighted by Gasteiger charge is -2.25. The van der Waals surface area contributed by atoms with Crippen molar-refractivity contribution in [1.29, 1.82) is 0 Å². The Morgan fingerprint density at radius 2 is 1.73 bits per heavy atom. The van der Waals surface area contributed by atoms with Crippen molar-refractivity contribution >= 4 is 0 Å². The van der Waals surface area contributed by atoms with Gasteiger partial charge in [0.2, 0.25) is 0 Å². The summed E-state index contributed by atoms with van der Waals surface area (Å²) >= 11 is 0. The van der Waals surface area contributed by atoms with Crippen LogP contribution in [0.15, 0.2) is 0 Å². The molecule has 0 amide bonds. The third kappa shape index (κ3) is 4.38. The van der Waals surface area contributed by atoms with E-state index in [2.05, 4.69) is 4.90 Å². The van der Waals surface area contributed by atoms with Gasteiger partial charge in [-0.1, -0.05) is 13.8 Å². The summed E-state index contributed by atoms with van der Waals surface area (Å²) < 4.78 is 0. The van der Waals surface area contributed by atoms with E-state index >= 15 is 0 Å². The Labute approximate surface area is 70.2 Å². The van der Waals surface area contributed by atoms with Crippen molar-refractivity contribution in [3.8, 4) is 0 Å². The van der Waals surface area contributed by atoms with Crippen LogP contribution in [0, 0.1) is 0 Å². The second-order valence-corrected chi connectivity index (χ2v) is 2.98. The van der Waals surface area contributed by atoms with Crippen molar-refractivity contribution < 1.29 is 5.11 Å². The van der Waals surface area contributed by atoms with E-state index < -0.39 is 0 Å². The maximum absolute atomic E-state index is 8.57. The first-order valence-corrected chi connectivity index (χ1v) is 4.26. The zero-order valence-electron chi connectivity index (χ0n) is 6.55. The van der Waals surface area contributed by atoms with E-state index in [-0.39, 0.29) is 7.43 Å². The Bertz CT molecular complexity index is 79.6. The van der Waals surface area contributed by atoms with Crippen molar-refractivity contribution in [2.24, 2.45) is 0 Å². The molecule has 0 saturated carbocycles. The molecule has 0 aromatic rings. The summed E-state index contributed by atoms with van der Waals surface area (Å²) in [5.74, 6) is 0. The summed E-state index contributed by atoms with van der Waals surface area (Å²) in [6.07, 6.45) is 5.05. The van der Waals surface area contributed by atoms with Crippen molar-refractivity contribution in [2.75, 3.05) is 26.2 Å². The van der Waals surface area contributed by atoms with Gasteiger partial charge in [0.1, 0.15) is 0 Å². The van der Waals surface area contributed by atoms with Crippen LogP contribution in [0.3, 0.4) is 0 Å². The van der Waals surface area contributed by atoms with Crippen molar-refractivity contribution in [2.45, 2.75) is 33.1 Å². The average Bonchev–Trinajstić information content (AvgIpc) is 2.03. The number of hydrogen-bond donors (Lipinski definition) is 1. The third-order valence-electron chi connectivity index (χ3n) is 2.08. The lowest BCUT2D eigenvalue weighted by atomic mass is 10.1. The molecular weight excluding hydrogens is 138 g/mol. The fourth-order valence-electron chi connectivity index (χ4n) is 1.48. The lowest BCUT2D eigenvalue weighted by Crippen LogP contribution is -2.30. The predicted molar refractivity (Wildman–Crippen MR) is 48.7 cm³/mol. The van der Waals surface area contributed by atoms with Gasteiger partial charge >= 0.3 is 0 Å². The van der Waals surface area contributed by atoms with Crippen LogP contribution in [0.5, 0.6) is 0 Å². The summed E-state index contributed by atoms with van der Waals surface area (Å²) in [6.45, 7) is 3.94. The molecule has 0 radical (unpaired) electrons. The number of rotatable bonds is 3. The number of aliphatic hydroxyl groups is 1. The minimum Gasteiger partial charge on any atom is -0.396 e. The van der Waals surface area contributed by atoms with Crippen LogP contribution in [0.2, 0.25) is 0 Å². The molecule has 1 rings (SSSR count). The molecule has 1 aliphatic heterocycles. The first kappa shape index (κ1) is 10.9. The highest BCUT2D eigenvalue weighted by molar-refractivity contribution is 4.63. The molecule has 0 aliphatic carbocycles. The lowest BCUT2D eigenvalue weighted by molar-refractivity contribution is 0.198. The first-order valence-electron chi connectivity index (χ1n) is 4.26. The Morgan fingerprint density at radius 3 is 2.27 bits per heavy atom. The second kappa shape index (κ2) is 6.62. The van der Waals surface area contributed by atoms with Crippen molar-refractivity contribution in [1.82, 2.24) is 4.90 Å². The summed E-state index contributed by atoms with van der Waals surface area (Å²) in [7, 11) is 0. The second-order valence-electron chi connectivity index (χ2n) is 2.98. The van der Waals surface area contributed by atoms with E-state index in [4.69, 9.17) is 5.11 Å². The molecule has 0 aromatic carbocycles. The van der Waals surface area contributed by atoms with Crippen LogP contribution in [0.1, 0.15) is 33.1 Å². The van der Waals surface area contributed by atoms with Gasteiger partial charge in [0.15, 0.2) is 0 Å². The van der Waals surface area contributed by atoms with E-state index in [0.29, 0.717) is 6.61 Å². The molecule has 1 aliphatic rings. The summed E-state index contributed by atoms with van der Waals surface area (Å²) in [6, 6.07) is 0. The zero-order valence-corrected chi connectivity index (χ0v) is 6.55. The van der Waals surface area contributed by atoms with Gasteiger partial charge in [0.05, 0.1) is 0 Å². The van der Waals surface area contributed by atoms with Crippen LogP contribution >= 0.6 is 0 Å². The maximum Gasteiger partial charge on any atom is 0.0443 e. The largest absolute Gasteiger partial charge is 0.396 e. The van der Waals surface area contributed by atoms with Gasteiger partial charge in [-0.3, -0.25) is 0 Å². The van der Waals surface area contributed by atoms with Crippen LogP contribution in [-0.4, -0.2) is 36.2 Å². The monoisotopic (exact) mass is 159 g/mol. The van der Waals surface area contributed by atoms with Crippen LogP contribution < -0.4 is 0 Å². The number of aliphatic hydroxyl groups excluding tert-OH is 1. The molecular formula is C9H21NO. The molecule has 1 fully saturated rings. The quantitative estimate of drug-likeness (QED) is 0.674. The molecule has 1 heterocycles. The minimum atomic E-state index is 0. The van der Waals surface area contributed by atoms with E-state index in [1.807, 2.05) is 0 Å². The van der Waals surface area contributed by atoms with E-state index in [0.717, 1.165) is 13.0 Å². The van der Waals surface area contributed by atoms with Crippen molar-refractivity contribution in [3.05, 3.63) is 0 Å². The van der Waals surface area contributed by atoms with Gasteiger partial charge in [0, 0.05) is 13.2 Å². The van der Waals surface area contributed by atoms with Gasteiger partial charge < -0.3 is 10.0 Å². The topological polar surface area (TPSA) is 23.5 Å². The first-order chi connectivity index (χ1) is 4.93. The molecule has 2 nitrogen and oxygen atoms in total. The van der Waals surface area contributed by atoms with E-state index in [1.165, 1.54) is 32.4 Å². The van der Waals surface area contributed by atoms with Crippen LogP contribution in [0.4, 0.5) is 0 Å². The number of likely N-dealkylation sites (tertiary alicyclic amines) is 1. The number of piperidine rings is 1. The highest BCUT2D eigenvalue weighted by Crippen LogP contribution is 2.08. The molecule has 11 heavy (non-hydrogen) atoms. The standard InChI is InChI=1S/C8H17NO.CH4/c10-8-4-7-9-5-2-1-3-6-9;/h10H,1-8H2;1H4. The average molecular weight is 159 g/mol. The van der Waals surface area contributed by atoms with E-state index in [1.54, 1.807) is 0 Å². The predicted octanol–water partition coefficient (Wildman–Crippen LogP) is 1.49. The van der Waals surface area contributed by atoms with E-state index in [9.17, 15) is 0 Å². The Balaban J connectivity index is 0.000001000. The molecule has 0 atom stereocenters. The van der Waals surface area contributed by atoms with Gasteiger partial charge in [-0.2, -0.15) is 0 Å². The maximum atomic E-state index is 8.57. The molecule has 0 bridgehead atoms. The summed E-state index contributed by atoms with van der Waals surface area (Å²) in [4.78, 5) is 2.44. The van der Waals surface area contributed by atoms with Gasteiger partial charge in [-0.05, 0) is 32.4 Å². The Hall–Kier alpha value is -0.0800. The fourth-order valence-corrected chi connectivity index (χ4v) is 1.48. The molecule has 1 N–H and O–H groups in total. The molecule has 0 spiro atoms. The normalized spacial score (nSPS) is 19.4. The molecule has 0 aromatic heterocycles. The third-order valence-corrected chi connectivity index (χ3v) is 2.08. The highest BCUT2D eigenvalue weighted by atomic mass is 16.3. The Morgan fingerprint density at radius 1 is 1.09 bits per heavy atom. The minimum absolute atomic E-state index is 0.